The molecule has 1 aromatic heterocycles. The Balaban J connectivity index is 2.25. The standard InChI is InChI=1S/C18H16N2O2S/c1-14(11-12-19)17-13-20(18-10-6-5-9-16(17)18)23(21,22)15-7-3-2-4-8-15/h2-10,13-14H,11H2,1H3/t14-/m0/s1. The molecule has 3 rings (SSSR count). The molecule has 0 aliphatic carbocycles. The predicted molar refractivity (Wildman–Crippen MR) is 89.6 cm³/mol. The maximum absolute atomic E-state index is 12.9. The largest absolute Gasteiger partial charge is 0.268 e. The lowest BCUT2D eigenvalue weighted by Crippen LogP contribution is -2.11. The molecule has 0 amide bonds. The molecule has 0 spiro atoms. The van der Waals surface area contributed by atoms with Crippen LogP contribution in [0.3, 0.4) is 0 Å². The van der Waals surface area contributed by atoms with Gasteiger partial charge in [0.1, 0.15) is 0 Å². The molecule has 0 bridgehead atoms. The van der Waals surface area contributed by atoms with Gasteiger partial charge in [0.05, 0.1) is 16.5 Å². The van der Waals surface area contributed by atoms with Gasteiger partial charge >= 0.3 is 0 Å². The molecule has 1 heterocycles. The van der Waals surface area contributed by atoms with Gasteiger partial charge in [-0.2, -0.15) is 5.26 Å². The van der Waals surface area contributed by atoms with Crippen LogP contribution in [0, 0.1) is 11.3 Å². The van der Waals surface area contributed by atoms with Crippen molar-refractivity contribution < 1.29 is 8.42 Å². The number of aromatic nitrogens is 1. The second-order valence-corrected chi connectivity index (χ2v) is 7.29. The van der Waals surface area contributed by atoms with E-state index in [1.54, 1.807) is 42.6 Å². The molecule has 0 fully saturated rings. The van der Waals surface area contributed by atoms with Gasteiger partial charge in [-0.15, -0.1) is 0 Å². The average molecular weight is 324 g/mol. The van der Waals surface area contributed by atoms with Gasteiger partial charge in [0, 0.05) is 18.0 Å². The van der Waals surface area contributed by atoms with Crippen LogP contribution in [0.1, 0.15) is 24.8 Å². The first kappa shape index (κ1) is 15.3. The molecular formula is C18H16N2O2S. The van der Waals surface area contributed by atoms with Crippen molar-refractivity contribution in [1.82, 2.24) is 3.97 Å². The minimum absolute atomic E-state index is 0.0304. The van der Waals surface area contributed by atoms with E-state index in [0.717, 1.165) is 10.9 Å². The number of fused-ring (bicyclic) bond motifs is 1. The van der Waals surface area contributed by atoms with Crippen LogP contribution in [0.5, 0.6) is 0 Å². The fourth-order valence-electron chi connectivity index (χ4n) is 2.72. The highest BCUT2D eigenvalue weighted by Gasteiger charge is 2.22. The van der Waals surface area contributed by atoms with Gasteiger partial charge in [0.25, 0.3) is 10.0 Å². The summed E-state index contributed by atoms with van der Waals surface area (Å²) in [5.41, 5.74) is 1.51. The fourth-order valence-corrected chi connectivity index (χ4v) is 4.12. The third kappa shape index (κ3) is 2.62. The molecule has 4 nitrogen and oxygen atoms in total. The summed E-state index contributed by atoms with van der Waals surface area (Å²) in [5, 5.41) is 9.81. The Labute approximate surface area is 135 Å². The highest BCUT2D eigenvalue weighted by Crippen LogP contribution is 2.31. The molecule has 0 unspecified atom stereocenters. The van der Waals surface area contributed by atoms with Gasteiger partial charge in [-0.25, -0.2) is 12.4 Å². The topological polar surface area (TPSA) is 62.9 Å². The Morgan fingerprint density at radius 2 is 1.74 bits per heavy atom. The fraction of sp³-hybridized carbons (Fsp3) is 0.167. The maximum atomic E-state index is 12.9. The van der Waals surface area contributed by atoms with Crippen molar-refractivity contribution in [1.29, 1.82) is 5.26 Å². The Kier molecular flexibility index (Phi) is 3.93. The lowest BCUT2D eigenvalue weighted by molar-refractivity contribution is 0.589. The molecule has 0 N–H and O–H groups in total. The summed E-state index contributed by atoms with van der Waals surface area (Å²) in [6.45, 7) is 1.93. The van der Waals surface area contributed by atoms with E-state index in [4.69, 9.17) is 5.26 Å². The first-order valence-electron chi connectivity index (χ1n) is 7.33. The van der Waals surface area contributed by atoms with Crippen LogP contribution in [0.2, 0.25) is 0 Å². The van der Waals surface area contributed by atoms with E-state index >= 15 is 0 Å². The van der Waals surface area contributed by atoms with Crippen molar-refractivity contribution in [3.8, 4) is 6.07 Å². The molecule has 23 heavy (non-hydrogen) atoms. The number of para-hydroxylation sites is 1. The first-order valence-corrected chi connectivity index (χ1v) is 8.77. The monoisotopic (exact) mass is 324 g/mol. The van der Waals surface area contributed by atoms with E-state index in [1.807, 2.05) is 25.1 Å². The molecule has 116 valence electrons. The zero-order valence-corrected chi connectivity index (χ0v) is 13.5. The van der Waals surface area contributed by atoms with E-state index < -0.39 is 10.0 Å². The second-order valence-electron chi connectivity index (χ2n) is 5.48. The van der Waals surface area contributed by atoms with E-state index in [0.29, 0.717) is 11.9 Å². The molecule has 0 aliphatic rings. The number of nitrogens with zero attached hydrogens (tertiary/aromatic N) is 2. The van der Waals surface area contributed by atoms with E-state index in [9.17, 15) is 8.42 Å². The first-order chi connectivity index (χ1) is 11.1. The van der Waals surface area contributed by atoms with Crippen molar-refractivity contribution in [2.24, 2.45) is 0 Å². The smallest absolute Gasteiger partial charge is 0.241 e. The van der Waals surface area contributed by atoms with Crippen LogP contribution >= 0.6 is 0 Å². The van der Waals surface area contributed by atoms with E-state index in [2.05, 4.69) is 6.07 Å². The third-order valence-corrected chi connectivity index (χ3v) is 5.63. The Morgan fingerprint density at radius 1 is 1.09 bits per heavy atom. The average Bonchev–Trinajstić information content (AvgIpc) is 2.96. The third-order valence-electron chi connectivity index (χ3n) is 3.94. The normalized spacial score (nSPS) is 12.9. The number of nitriles is 1. The molecule has 0 aliphatic heterocycles. The summed E-state index contributed by atoms with van der Waals surface area (Å²) in [6, 6.07) is 17.9. The van der Waals surface area contributed by atoms with Crippen molar-refractivity contribution in [2.45, 2.75) is 24.2 Å². The lowest BCUT2D eigenvalue weighted by atomic mass is 9.98. The predicted octanol–water partition coefficient (Wildman–Crippen LogP) is 3.90. The molecule has 1 atom stereocenters. The minimum Gasteiger partial charge on any atom is -0.241 e. The van der Waals surface area contributed by atoms with Gasteiger partial charge in [0.15, 0.2) is 0 Å². The molecule has 0 saturated heterocycles. The molecule has 3 aromatic rings. The van der Waals surface area contributed by atoms with Gasteiger partial charge < -0.3 is 0 Å². The summed E-state index contributed by atoms with van der Waals surface area (Å²) in [4.78, 5) is 0.250. The zero-order valence-electron chi connectivity index (χ0n) is 12.7. The highest BCUT2D eigenvalue weighted by atomic mass is 32.2. The van der Waals surface area contributed by atoms with Crippen LogP contribution in [0.25, 0.3) is 10.9 Å². The van der Waals surface area contributed by atoms with E-state index in [-0.39, 0.29) is 10.8 Å². The number of hydrogen-bond donors (Lipinski definition) is 0. The number of rotatable bonds is 4. The minimum atomic E-state index is -3.66. The molecule has 5 heteroatoms. The van der Waals surface area contributed by atoms with Crippen LogP contribution in [-0.4, -0.2) is 12.4 Å². The number of hydrogen-bond acceptors (Lipinski definition) is 3. The quantitative estimate of drug-likeness (QED) is 0.731. The maximum Gasteiger partial charge on any atom is 0.268 e. The van der Waals surface area contributed by atoms with Gasteiger partial charge in [-0.05, 0) is 29.7 Å². The van der Waals surface area contributed by atoms with Crippen LogP contribution in [0.4, 0.5) is 0 Å². The summed E-state index contributed by atoms with van der Waals surface area (Å²) < 4.78 is 27.2. The van der Waals surface area contributed by atoms with Gasteiger partial charge in [-0.3, -0.25) is 0 Å². The van der Waals surface area contributed by atoms with Crippen LogP contribution in [-0.2, 0) is 10.0 Å². The van der Waals surface area contributed by atoms with Crippen molar-refractivity contribution in [2.75, 3.05) is 0 Å². The second kappa shape index (κ2) is 5.90. The van der Waals surface area contributed by atoms with Crippen LogP contribution < -0.4 is 0 Å². The molecular weight excluding hydrogens is 308 g/mol. The lowest BCUT2D eigenvalue weighted by Gasteiger charge is -2.07. The Morgan fingerprint density at radius 3 is 2.43 bits per heavy atom. The summed E-state index contributed by atoms with van der Waals surface area (Å²) in [7, 11) is -3.66. The van der Waals surface area contributed by atoms with Crippen molar-refractivity contribution in [3.05, 3.63) is 66.4 Å². The molecule has 0 saturated carbocycles. The SMILES string of the molecule is C[C@@H](CC#N)c1cn(S(=O)(=O)c2ccccc2)c2ccccc12. The molecule has 0 radical (unpaired) electrons. The van der Waals surface area contributed by atoms with Gasteiger partial charge in [0.2, 0.25) is 0 Å². The Hall–Kier alpha value is -2.58. The molecule has 2 aromatic carbocycles. The Bertz CT molecular complexity index is 983. The highest BCUT2D eigenvalue weighted by molar-refractivity contribution is 7.90. The van der Waals surface area contributed by atoms with Crippen molar-refractivity contribution >= 4 is 20.9 Å². The summed E-state index contributed by atoms with van der Waals surface area (Å²) >= 11 is 0. The zero-order chi connectivity index (χ0) is 16.4. The van der Waals surface area contributed by atoms with E-state index in [1.165, 1.54) is 3.97 Å². The van der Waals surface area contributed by atoms with Crippen LogP contribution in [0.15, 0.2) is 65.7 Å². The van der Waals surface area contributed by atoms with Crippen molar-refractivity contribution in [3.63, 3.8) is 0 Å². The van der Waals surface area contributed by atoms with Gasteiger partial charge in [-0.1, -0.05) is 43.3 Å². The number of benzene rings is 2. The summed E-state index contributed by atoms with van der Waals surface area (Å²) in [5.74, 6) is -0.0304. The summed E-state index contributed by atoms with van der Waals surface area (Å²) in [6.07, 6.45) is 1.99.